The molecule has 16 heavy (non-hydrogen) atoms. The Labute approximate surface area is 99.6 Å². The van der Waals surface area contributed by atoms with E-state index in [1.807, 2.05) is 19.1 Å². The lowest BCUT2D eigenvalue weighted by molar-refractivity contribution is -0.145. The van der Waals surface area contributed by atoms with Crippen LogP contribution in [0.1, 0.15) is 24.0 Å². The molecule has 84 valence electrons. The van der Waals surface area contributed by atoms with Crippen molar-refractivity contribution in [3.63, 3.8) is 0 Å². The van der Waals surface area contributed by atoms with Crippen molar-refractivity contribution in [1.82, 2.24) is 0 Å². The Kier molecular flexibility index (Phi) is 2.21. The number of hydrogen-bond acceptors (Lipinski definition) is 2. The lowest BCUT2D eigenvalue weighted by Crippen LogP contribution is -2.10. The molecule has 0 N–H and O–H groups in total. The minimum Gasteiger partial charge on any atom is -0.466 e. The molecular weight excluding hydrogens is 224 g/mol. The number of rotatable bonds is 2. The number of halogens is 1. The van der Waals surface area contributed by atoms with Gasteiger partial charge in [0.25, 0.3) is 0 Å². The second-order valence-corrected chi connectivity index (χ2v) is 4.95. The Hall–Kier alpha value is -1.02. The Morgan fingerprint density at radius 2 is 2.38 bits per heavy atom. The third kappa shape index (κ3) is 1.36. The van der Waals surface area contributed by atoms with Gasteiger partial charge in [-0.1, -0.05) is 17.7 Å². The van der Waals surface area contributed by atoms with Crippen molar-refractivity contribution in [2.45, 2.75) is 19.3 Å². The Morgan fingerprint density at radius 3 is 3.12 bits per heavy atom. The third-order valence-electron chi connectivity index (χ3n) is 3.65. The van der Waals surface area contributed by atoms with Crippen molar-refractivity contribution in [3.05, 3.63) is 34.3 Å². The van der Waals surface area contributed by atoms with Gasteiger partial charge in [-0.15, -0.1) is 0 Å². The van der Waals surface area contributed by atoms with Crippen molar-refractivity contribution in [1.29, 1.82) is 0 Å². The van der Waals surface area contributed by atoms with Gasteiger partial charge in [0.2, 0.25) is 0 Å². The Balaban J connectivity index is 1.82. The first-order valence-electron chi connectivity index (χ1n) is 5.67. The Bertz CT molecular complexity index is 455. The average Bonchev–Trinajstić information content (AvgIpc) is 2.82. The summed E-state index contributed by atoms with van der Waals surface area (Å²) in [6.07, 6.45) is 0.976. The van der Waals surface area contributed by atoms with Crippen LogP contribution in [0.2, 0.25) is 5.02 Å². The lowest BCUT2D eigenvalue weighted by atomic mass is 10.0. The van der Waals surface area contributed by atoms with Gasteiger partial charge in [-0.3, -0.25) is 4.79 Å². The smallest absolute Gasteiger partial charge is 0.309 e. The van der Waals surface area contributed by atoms with E-state index in [0.29, 0.717) is 18.4 Å². The second kappa shape index (κ2) is 3.49. The van der Waals surface area contributed by atoms with Crippen molar-refractivity contribution in [2.75, 3.05) is 6.61 Å². The van der Waals surface area contributed by atoms with E-state index in [-0.39, 0.29) is 11.9 Å². The van der Waals surface area contributed by atoms with Crippen LogP contribution >= 0.6 is 11.6 Å². The van der Waals surface area contributed by atoms with E-state index in [1.165, 1.54) is 11.1 Å². The van der Waals surface area contributed by atoms with E-state index < -0.39 is 0 Å². The van der Waals surface area contributed by atoms with Crippen LogP contribution in [0, 0.1) is 11.8 Å². The van der Waals surface area contributed by atoms with Gasteiger partial charge < -0.3 is 4.74 Å². The summed E-state index contributed by atoms with van der Waals surface area (Å²) in [6.45, 7) is 2.33. The van der Waals surface area contributed by atoms with Crippen LogP contribution in [-0.2, 0) is 16.0 Å². The SMILES string of the molecule is CCOC(=O)[C@@H]1[C@@H]2Cc3cc(Cl)ccc3[C@@H]21. The van der Waals surface area contributed by atoms with Gasteiger partial charge in [-0.05, 0) is 42.5 Å². The molecule has 2 aliphatic rings. The average molecular weight is 237 g/mol. The molecule has 2 aliphatic carbocycles. The molecule has 0 saturated heterocycles. The summed E-state index contributed by atoms with van der Waals surface area (Å²) in [6, 6.07) is 5.98. The molecular formula is C13H13ClO2. The van der Waals surface area contributed by atoms with E-state index >= 15 is 0 Å². The molecule has 1 fully saturated rings. The minimum atomic E-state index is -0.0295. The van der Waals surface area contributed by atoms with Crippen LogP contribution in [0.4, 0.5) is 0 Å². The first-order chi connectivity index (χ1) is 7.72. The number of carbonyl (C=O) groups excluding carboxylic acids is 1. The predicted molar refractivity (Wildman–Crippen MR) is 61.5 cm³/mol. The molecule has 3 rings (SSSR count). The topological polar surface area (TPSA) is 26.3 Å². The summed E-state index contributed by atoms with van der Waals surface area (Å²) in [5, 5.41) is 0.785. The molecule has 0 radical (unpaired) electrons. The standard InChI is InChI=1S/C13H13ClO2/c1-2-16-13(15)12-10-6-7-5-8(14)3-4-9(7)11(10)12/h3-5,10-12H,2,6H2,1H3/t10-,11+,12-/m1/s1. The van der Waals surface area contributed by atoms with Gasteiger partial charge in [0.15, 0.2) is 0 Å². The highest BCUT2D eigenvalue weighted by molar-refractivity contribution is 6.30. The molecule has 1 aromatic carbocycles. The fourth-order valence-electron chi connectivity index (χ4n) is 2.94. The fourth-order valence-corrected chi connectivity index (χ4v) is 3.14. The molecule has 1 saturated carbocycles. The van der Waals surface area contributed by atoms with Crippen LogP contribution in [0.5, 0.6) is 0 Å². The molecule has 0 unspecified atom stereocenters. The van der Waals surface area contributed by atoms with E-state index in [0.717, 1.165) is 11.4 Å². The summed E-state index contributed by atoms with van der Waals surface area (Å²) < 4.78 is 5.08. The van der Waals surface area contributed by atoms with Crippen LogP contribution < -0.4 is 0 Å². The Morgan fingerprint density at radius 1 is 1.56 bits per heavy atom. The zero-order valence-corrected chi connectivity index (χ0v) is 9.83. The van der Waals surface area contributed by atoms with Crippen molar-refractivity contribution < 1.29 is 9.53 Å². The molecule has 3 heteroatoms. The summed E-state index contributed by atoms with van der Waals surface area (Å²) in [4.78, 5) is 11.6. The van der Waals surface area contributed by atoms with Crippen LogP contribution in [-0.4, -0.2) is 12.6 Å². The van der Waals surface area contributed by atoms with Gasteiger partial charge in [-0.2, -0.15) is 0 Å². The molecule has 0 aliphatic heterocycles. The molecule has 1 aromatic rings. The molecule has 0 bridgehead atoms. The van der Waals surface area contributed by atoms with E-state index in [2.05, 4.69) is 6.07 Å². The first-order valence-corrected chi connectivity index (χ1v) is 6.05. The largest absolute Gasteiger partial charge is 0.466 e. The van der Waals surface area contributed by atoms with Crippen LogP contribution in [0.3, 0.4) is 0 Å². The molecule has 0 amide bonds. The van der Waals surface area contributed by atoms with Crippen molar-refractivity contribution in [3.8, 4) is 0 Å². The minimum absolute atomic E-state index is 0.0295. The number of ether oxygens (including phenoxy) is 1. The molecule has 2 nitrogen and oxygen atoms in total. The zero-order chi connectivity index (χ0) is 11.3. The number of hydrogen-bond donors (Lipinski definition) is 0. The molecule has 3 atom stereocenters. The van der Waals surface area contributed by atoms with Gasteiger partial charge in [-0.25, -0.2) is 0 Å². The van der Waals surface area contributed by atoms with Crippen LogP contribution in [0.25, 0.3) is 0 Å². The summed E-state index contributed by atoms with van der Waals surface area (Å²) in [5.41, 5.74) is 2.61. The summed E-state index contributed by atoms with van der Waals surface area (Å²) >= 11 is 5.94. The first kappa shape index (κ1) is 10.2. The maximum absolute atomic E-state index is 11.6. The van der Waals surface area contributed by atoms with Gasteiger partial charge in [0, 0.05) is 10.9 Å². The maximum atomic E-state index is 11.6. The van der Waals surface area contributed by atoms with Gasteiger partial charge in [0.1, 0.15) is 0 Å². The van der Waals surface area contributed by atoms with Gasteiger partial charge >= 0.3 is 5.97 Å². The second-order valence-electron chi connectivity index (χ2n) is 4.51. The number of esters is 1. The highest BCUT2D eigenvalue weighted by Gasteiger charge is 2.60. The highest BCUT2D eigenvalue weighted by atomic mass is 35.5. The lowest BCUT2D eigenvalue weighted by Gasteiger charge is -2.07. The number of benzene rings is 1. The quantitative estimate of drug-likeness (QED) is 0.739. The van der Waals surface area contributed by atoms with Gasteiger partial charge in [0.05, 0.1) is 12.5 Å². The number of fused-ring (bicyclic) bond motifs is 3. The zero-order valence-electron chi connectivity index (χ0n) is 9.07. The van der Waals surface area contributed by atoms with Crippen molar-refractivity contribution in [2.24, 2.45) is 11.8 Å². The summed E-state index contributed by atoms with van der Waals surface area (Å²) in [5.74, 6) is 0.936. The number of carbonyl (C=O) groups is 1. The van der Waals surface area contributed by atoms with E-state index in [9.17, 15) is 4.79 Å². The monoisotopic (exact) mass is 236 g/mol. The fraction of sp³-hybridized carbons (Fsp3) is 0.462. The predicted octanol–water partition coefficient (Wildman–Crippen LogP) is 2.79. The van der Waals surface area contributed by atoms with E-state index in [1.54, 1.807) is 0 Å². The van der Waals surface area contributed by atoms with E-state index in [4.69, 9.17) is 16.3 Å². The highest BCUT2D eigenvalue weighted by Crippen LogP contribution is 2.61. The third-order valence-corrected chi connectivity index (χ3v) is 3.88. The molecule has 0 aromatic heterocycles. The molecule has 0 spiro atoms. The maximum Gasteiger partial charge on any atom is 0.309 e. The molecule has 0 heterocycles. The summed E-state index contributed by atoms with van der Waals surface area (Å²) in [7, 11) is 0. The normalized spacial score (nSPS) is 29.5. The van der Waals surface area contributed by atoms with Crippen LogP contribution in [0.15, 0.2) is 18.2 Å². The van der Waals surface area contributed by atoms with Crippen molar-refractivity contribution >= 4 is 17.6 Å².